The van der Waals surface area contributed by atoms with Gasteiger partial charge in [-0.3, -0.25) is 4.79 Å². The molecule has 0 spiro atoms. The molecule has 26 heavy (non-hydrogen) atoms. The number of nitrogens with zero attached hydrogens (tertiary/aromatic N) is 1. The van der Waals surface area contributed by atoms with E-state index in [4.69, 9.17) is 5.73 Å². The SMILES string of the molecule is NC(=O)NCc1ccc(C(=O)Nc2ccccc2N2CCCCC2)cc1. The summed E-state index contributed by atoms with van der Waals surface area (Å²) in [6, 6.07) is 14.5. The van der Waals surface area contributed by atoms with Gasteiger partial charge in [-0.15, -0.1) is 0 Å². The Kier molecular flexibility index (Phi) is 5.73. The Morgan fingerprint density at radius 3 is 2.35 bits per heavy atom. The van der Waals surface area contributed by atoms with Crippen molar-refractivity contribution in [3.05, 3.63) is 59.7 Å². The Balaban J connectivity index is 1.69. The average molecular weight is 352 g/mol. The number of piperidine rings is 1. The van der Waals surface area contributed by atoms with E-state index in [2.05, 4.69) is 21.6 Å². The van der Waals surface area contributed by atoms with Crippen LogP contribution in [0, 0.1) is 0 Å². The minimum absolute atomic E-state index is 0.149. The second-order valence-electron chi connectivity index (χ2n) is 6.43. The molecule has 1 aliphatic rings. The molecule has 6 heteroatoms. The molecule has 0 bridgehead atoms. The minimum Gasteiger partial charge on any atom is -0.370 e. The Hall–Kier alpha value is -3.02. The van der Waals surface area contributed by atoms with Crippen molar-refractivity contribution >= 4 is 23.3 Å². The molecule has 4 N–H and O–H groups in total. The molecule has 3 rings (SSSR count). The van der Waals surface area contributed by atoms with Gasteiger partial charge in [0, 0.05) is 25.2 Å². The first-order valence-corrected chi connectivity index (χ1v) is 8.91. The number of rotatable bonds is 5. The molecule has 1 heterocycles. The van der Waals surface area contributed by atoms with Crippen LogP contribution >= 0.6 is 0 Å². The number of anilines is 2. The maximum absolute atomic E-state index is 12.6. The molecule has 3 amide bonds. The van der Waals surface area contributed by atoms with Crippen LogP contribution in [0.3, 0.4) is 0 Å². The molecule has 0 radical (unpaired) electrons. The zero-order valence-electron chi connectivity index (χ0n) is 14.7. The number of amides is 3. The smallest absolute Gasteiger partial charge is 0.312 e. The third-order valence-electron chi connectivity index (χ3n) is 4.53. The van der Waals surface area contributed by atoms with Gasteiger partial charge in [0.1, 0.15) is 0 Å². The van der Waals surface area contributed by atoms with Gasteiger partial charge < -0.3 is 21.3 Å². The van der Waals surface area contributed by atoms with Crippen LogP contribution < -0.4 is 21.3 Å². The van der Waals surface area contributed by atoms with Gasteiger partial charge in [-0.2, -0.15) is 0 Å². The van der Waals surface area contributed by atoms with Crippen molar-refractivity contribution in [3.63, 3.8) is 0 Å². The van der Waals surface area contributed by atoms with Crippen LogP contribution in [0.1, 0.15) is 35.2 Å². The number of carbonyl (C=O) groups excluding carboxylic acids is 2. The standard InChI is InChI=1S/C20H24N4O2/c21-20(26)22-14-15-8-10-16(11-9-15)19(25)23-17-6-2-3-7-18(17)24-12-4-1-5-13-24/h2-3,6-11H,1,4-5,12-14H2,(H,23,25)(H3,21,22,26). The lowest BCUT2D eigenvalue weighted by molar-refractivity contribution is 0.102. The predicted molar refractivity (Wildman–Crippen MR) is 103 cm³/mol. The van der Waals surface area contributed by atoms with E-state index in [1.54, 1.807) is 24.3 Å². The van der Waals surface area contributed by atoms with Crippen LogP contribution in [0.15, 0.2) is 48.5 Å². The van der Waals surface area contributed by atoms with Crippen LogP contribution in [-0.4, -0.2) is 25.0 Å². The van der Waals surface area contributed by atoms with E-state index < -0.39 is 6.03 Å². The highest BCUT2D eigenvalue weighted by Crippen LogP contribution is 2.28. The van der Waals surface area contributed by atoms with Crippen LogP contribution in [0.2, 0.25) is 0 Å². The van der Waals surface area contributed by atoms with Gasteiger partial charge in [0.25, 0.3) is 5.91 Å². The van der Waals surface area contributed by atoms with Gasteiger partial charge in [-0.05, 0) is 49.1 Å². The summed E-state index contributed by atoms with van der Waals surface area (Å²) in [5.41, 5.74) is 8.42. The number of hydrogen-bond donors (Lipinski definition) is 3. The zero-order valence-corrected chi connectivity index (χ0v) is 14.7. The largest absolute Gasteiger partial charge is 0.370 e. The average Bonchev–Trinajstić information content (AvgIpc) is 2.68. The van der Waals surface area contributed by atoms with Gasteiger partial charge in [0.15, 0.2) is 0 Å². The van der Waals surface area contributed by atoms with E-state index in [-0.39, 0.29) is 5.91 Å². The summed E-state index contributed by atoms with van der Waals surface area (Å²) in [5.74, 6) is -0.149. The summed E-state index contributed by atoms with van der Waals surface area (Å²) in [6.45, 7) is 2.39. The Bertz CT molecular complexity index is 768. The molecule has 6 nitrogen and oxygen atoms in total. The van der Waals surface area contributed by atoms with Crippen molar-refractivity contribution in [2.75, 3.05) is 23.3 Å². The molecule has 1 saturated heterocycles. The zero-order chi connectivity index (χ0) is 18.4. The Labute approximate surface area is 153 Å². The van der Waals surface area contributed by atoms with Crippen molar-refractivity contribution < 1.29 is 9.59 Å². The number of nitrogens with two attached hydrogens (primary N) is 1. The van der Waals surface area contributed by atoms with Crippen LogP contribution in [0.25, 0.3) is 0 Å². The number of hydrogen-bond acceptors (Lipinski definition) is 3. The fourth-order valence-electron chi connectivity index (χ4n) is 3.15. The molecule has 2 aromatic carbocycles. The fourth-order valence-corrected chi connectivity index (χ4v) is 3.15. The Morgan fingerprint density at radius 2 is 1.65 bits per heavy atom. The molecule has 1 aliphatic heterocycles. The third kappa shape index (κ3) is 4.53. The van der Waals surface area contributed by atoms with Gasteiger partial charge in [-0.1, -0.05) is 24.3 Å². The van der Waals surface area contributed by atoms with E-state index in [9.17, 15) is 9.59 Å². The molecule has 0 aliphatic carbocycles. The highest BCUT2D eigenvalue weighted by molar-refractivity contribution is 6.06. The van der Waals surface area contributed by atoms with Gasteiger partial charge >= 0.3 is 6.03 Å². The van der Waals surface area contributed by atoms with E-state index >= 15 is 0 Å². The van der Waals surface area contributed by atoms with Crippen molar-refractivity contribution in [3.8, 4) is 0 Å². The topological polar surface area (TPSA) is 87.5 Å². The van der Waals surface area contributed by atoms with Crippen LogP contribution in [0.5, 0.6) is 0 Å². The van der Waals surface area contributed by atoms with E-state index in [0.717, 1.165) is 30.0 Å². The van der Waals surface area contributed by atoms with E-state index in [1.807, 2.05) is 18.2 Å². The number of nitrogens with one attached hydrogen (secondary N) is 2. The monoisotopic (exact) mass is 352 g/mol. The van der Waals surface area contributed by atoms with Crippen molar-refractivity contribution in [1.29, 1.82) is 0 Å². The summed E-state index contributed by atoms with van der Waals surface area (Å²) < 4.78 is 0. The highest BCUT2D eigenvalue weighted by atomic mass is 16.2. The first-order chi connectivity index (χ1) is 12.6. The molecular formula is C20H24N4O2. The van der Waals surface area contributed by atoms with Crippen molar-refractivity contribution in [2.45, 2.75) is 25.8 Å². The quantitative estimate of drug-likeness (QED) is 0.773. The number of benzene rings is 2. The lowest BCUT2D eigenvalue weighted by atomic mass is 10.1. The number of carbonyl (C=O) groups is 2. The molecule has 0 atom stereocenters. The van der Waals surface area contributed by atoms with Gasteiger partial charge in [0.05, 0.1) is 11.4 Å². The van der Waals surface area contributed by atoms with Crippen molar-refractivity contribution in [2.24, 2.45) is 5.73 Å². The van der Waals surface area contributed by atoms with Gasteiger partial charge in [0.2, 0.25) is 0 Å². The summed E-state index contributed by atoms with van der Waals surface area (Å²) in [6.07, 6.45) is 3.63. The second-order valence-corrected chi connectivity index (χ2v) is 6.43. The summed E-state index contributed by atoms with van der Waals surface area (Å²) in [7, 11) is 0. The maximum Gasteiger partial charge on any atom is 0.312 e. The Morgan fingerprint density at radius 1 is 0.962 bits per heavy atom. The minimum atomic E-state index is -0.568. The first kappa shape index (κ1) is 17.8. The normalized spacial score (nSPS) is 13.9. The fraction of sp³-hybridized carbons (Fsp3) is 0.300. The van der Waals surface area contributed by atoms with Crippen molar-refractivity contribution in [1.82, 2.24) is 5.32 Å². The summed E-state index contributed by atoms with van der Waals surface area (Å²) >= 11 is 0. The molecule has 0 saturated carbocycles. The third-order valence-corrected chi connectivity index (χ3v) is 4.53. The number of primary amides is 1. The van der Waals surface area contributed by atoms with E-state index in [1.165, 1.54) is 19.3 Å². The maximum atomic E-state index is 12.6. The predicted octanol–water partition coefficient (Wildman–Crippen LogP) is 3.10. The molecular weight excluding hydrogens is 328 g/mol. The highest BCUT2D eigenvalue weighted by Gasteiger charge is 2.16. The number of para-hydroxylation sites is 2. The number of urea groups is 1. The van der Waals surface area contributed by atoms with Gasteiger partial charge in [-0.25, -0.2) is 4.79 Å². The summed E-state index contributed by atoms with van der Waals surface area (Å²) in [4.78, 5) is 25.7. The van der Waals surface area contributed by atoms with Crippen LogP contribution in [-0.2, 0) is 6.54 Å². The lowest BCUT2D eigenvalue weighted by Gasteiger charge is -2.30. The summed E-state index contributed by atoms with van der Waals surface area (Å²) in [5, 5.41) is 5.55. The van der Waals surface area contributed by atoms with E-state index in [0.29, 0.717) is 12.1 Å². The molecule has 0 aromatic heterocycles. The van der Waals surface area contributed by atoms with Crippen LogP contribution in [0.4, 0.5) is 16.2 Å². The second kappa shape index (κ2) is 8.38. The molecule has 2 aromatic rings. The molecule has 0 unspecified atom stereocenters. The lowest BCUT2D eigenvalue weighted by Crippen LogP contribution is -2.30. The molecule has 1 fully saturated rings. The molecule has 136 valence electrons. The first-order valence-electron chi connectivity index (χ1n) is 8.91.